The van der Waals surface area contributed by atoms with Crippen molar-refractivity contribution in [3.8, 4) is 5.75 Å². The van der Waals surface area contributed by atoms with Crippen LogP contribution in [0.5, 0.6) is 5.75 Å². The van der Waals surface area contributed by atoms with Gasteiger partial charge in [0.2, 0.25) is 0 Å². The third kappa shape index (κ3) is 6.00. The van der Waals surface area contributed by atoms with Crippen molar-refractivity contribution in [3.63, 3.8) is 0 Å². The van der Waals surface area contributed by atoms with Crippen LogP contribution in [0, 0.1) is 0 Å². The van der Waals surface area contributed by atoms with E-state index < -0.39 is 29.2 Å². The smallest absolute Gasteiger partial charge is 0.416 e. The Morgan fingerprint density at radius 3 is 1.96 bits per heavy atom. The minimum absolute atomic E-state index is 0.0536. The summed E-state index contributed by atoms with van der Waals surface area (Å²) in [4.78, 5) is 0. The predicted octanol–water partition coefficient (Wildman–Crippen LogP) is 5.69. The van der Waals surface area contributed by atoms with Gasteiger partial charge in [-0.1, -0.05) is 30.3 Å². The highest BCUT2D eigenvalue weighted by Gasteiger charge is 2.37. The number of alkyl halides is 6. The highest BCUT2D eigenvalue weighted by atomic mass is 19.4. The summed E-state index contributed by atoms with van der Waals surface area (Å²) in [6, 6.07) is 7.90. The number of halogens is 6. The molecule has 0 aliphatic heterocycles. The quantitative estimate of drug-likeness (QED) is 0.480. The number of nitrogens with one attached hydrogen (secondary N) is 1. The Balaban J connectivity index is 2.18. The van der Waals surface area contributed by atoms with Gasteiger partial charge in [0.05, 0.1) is 11.1 Å². The van der Waals surface area contributed by atoms with Crippen molar-refractivity contribution in [1.29, 1.82) is 0 Å². The largest absolute Gasteiger partial charge is 0.489 e. The highest BCUT2D eigenvalue weighted by molar-refractivity contribution is 5.63. The molecule has 0 fully saturated rings. The zero-order valence-electron chi connectivity index (χ0n) is 14.7. The summed E-state index contributed by atoms with van der Waals surface area (Å²) in [7, 11) is 0. The van der Waals surface area contributed by atoms with E-state index in [0.29, 0.717) is 17.7 Å². The van der Waals surface area contributed by atoms with Crippen LogP contribution in [0.15, 0.2) is 48.5 Å². The molecule has 2 rings (SSSR count). The monoisotopic (exact) mass is 405 g/mol. The lowest BCUT2D eigenvalue weighted by Gasteiger charge is -2.15. The number of ether oxygens (including phenoxy) is 1. The van der Waals surface area contributed by atoms with Crippen molar-refractivity contribution >= 4 is 5.57 Å². The standard InChI is InChI=1S/C19H17F6NO2/c1-12(6-7-26-27)14-4-2-13(3-5-14)11-28-17-9-15(18(20,21)22)8-16(10-17)19(23,24)25/h2-6,8-10,26-27H,7,11H2,1H3/b12-6+. The summed E-state index contributed by atoms with van der Waals surface area (Å²) >= 11 is 0. The zero-order chi connectivity index (χ0) is 20.9. The Morgan fingerprint density at radius 2 is 1.50 bits per heavy atom. The Labute approximate surface area is 157 Å². The van der Waals surface area contributed by atoms with Crippen molar-refractivity contribution in [2.45, 2.75) is 25.9 Å². The maximum atomic E-state index is 12.9. The molecule has 0 aliphatic rings. The lowest BCUT2D eigenvalue weighted by molar-refractivity contribution is -0.143. The number of benzene rings is 2. The van der Waals surface area contributed by atoms with Gasteiger partial charge in [-0.3, -0.25) is 0 Å². The fourth-order valence-corrected chi connectivity index (χ4v) is 2.36. The average molecular weight is 405 g/mol. The van der Waals surface area contributed by atoms with Crippen LogP contribution < -0.4 is 10.2 Å². The van der Waals surface area contributed by atoms with Gasteiger partial charge < -0.3 is 9.94 Å². The molecule has 3 nitrogen and oxygen atoms in total. The van der Waals surface area contributed by atoms with Crippen LogP contribution in [0.4, 0.5) is 26.3 Å². The number of allylic oxidation sites excluding steroid dienone is 1. The molecule has 0 atom stereocenters. The van der Waals surface area contributed by atoms with Gasteiger partial charge in [0.15, 0.2) is 0 Å². The molecule has 2 N–H and O–H groups in total. The lowest BCUT2D eigenvalue weighted by atomic mass is 10.1. The third-order valence-corrected chi connectivity index (χ3v) is 3.88. The number of hydroxylamine groups is 1. The summed E-state index contributed by atoms with van der Waals surface area (Å²) in [6.45, 7) is 1.89. The molecule has 0 aromatic heterocycles. The Hall–Kier alpha value is -2.52. The van der Waals surface area contributed by atoms with Crippen LogP contribution in [-0.4, -0.2) is 11.8 Å². The average Bonchev–Trinajstić information content (AvgIpc) is 2.63. The van der Waals surface area contributed by atoms with E-state index in [-0.39, 0.29) is 19.2 Å². The maximum absolute atomic E-state index is 12.9. The molecule has 0 unspecified atom stereocenters. The van der Waals surface area contributed by atoms with Crippen molar-refractivity contribution in [2.24, 2.45) is 0 Å². The molecule has 0 saturated carbocycles. The van der Waals surface area contributed by atoms with Crippen LogP contribution in [0.1, 0.15) is 29.2 Å². The summed E-state index contributed by atoms with van der Waals surface area (Å²) < 4.78 is 82.3. The summed E-state index contributed by atoms with van der Waals surface area (Å²) in [5, 5.41) is 8.57. The molecule has 2 aromatic rings. The number of hydrogen-bond donors (Lipinski definition) is 2. The van der Waals surface area contributed by atoms with E-state index in [2.05, 4.69) is 0 Å². The molecular weight excluding hydrogens is 388 g/mol. The van der Waals surface area contributed by atoms with Gasteiger partial charge in [0, 0.05) is 6.54 Å². The van der Waals surface area contributed by atoms with Gasteiger partial charge in [-0.15, -0.1) is 0 Å². The molecule has 0 bridgehead atoms. The van der Waals surface area contributed by atoms with Gasteiger partial charge in [-0.05, 0) is 41.8 Å². The minimum Gasteiger partial charge on any atom is -0.489 e. The molecule has 0 aliphatic carbocycles. The van der Waals surface area contributed by atoms with Crippen LogP contribution in [-0.2, 0) is 19.0 Å². The van der Waals surface area contributed by atoms with Crippen LogP contribution in [0.3, 0.4) is 0 Å². The van der Waals surface area contributed by atoms with Gasteiger partial charge in [0.25, 0.3) is 0 Å². The van der Waals surface area contributed by atoms with Crippen molar-refractivity contribution in [3.05, 3.63) is 70.8 Å². The molecule has 9 heteroatoms. The molecular formula is C19H17F6NO2. The SMILES string of the molecule is C/C(=C\CNO)c1ccc(COc2cc(C(F)(F)F)cc(C(F)(F)F)c2)cc1. The first-order valence-electron chi connectivity index (χ1n) is 8.06. The fraction of sp³-hybridized carbons (Fsp3) is 0.263. The number of rotatable bonds is 6. The molecule has 0 saturated heterocycles. The van der Waals surface area contributed by atoms with Crippen molar-refractivity contribution in [2.75, 3.05) is 6.54 Å². The maximum Gasteiger partial charge on any atom is 0.416 e. The van der Waals surface area contributed by atoms with Gasteiger partial charge in [0.1, 0.15) is 12.4 Å². The third-order valence-electron chi connectivity index (χ3n) is 3.88. The van der Waals surface area contributed by atoms with E-state index in [1.807, 2.05) is 12.4 Å². The first-order valence-corrected chi connectivity index (χ1v) is 8.06. The Kier molecular flexibility index (Phi) is 6.73. The van der Waals surface area contributed by atoms with Gasteiger partial charge in [-0.2, -0.15) is 26.3 Å². The molecule has 2 aromatic carbocycles. The Morgan fingerprint density at radius 1 is 0.964 bits per heavy atom. The minimum atomic E-state index is -4.92. The second-order valence-corrected chi connectivity index (χ2v) is 5.98. The predicted molar refractivity (Wildman–Crippen MR) is 90.7 cm³/mol. The molecule has 152 valence electrons. The van der Waals surface area contributed by atoms with Crippen molar-refractivity contribution < 1.29 is 36.3 Å². The fourth-order valence-electron chi connectivity index (χ4n) is 2.36. The normalized spacial score (nSPS) is 12.9. The Bertz CT molecular complexity index is 794. The number of hydrogen-bond acceptors (Lipinski definition) is 3. The zero-order valence-corrected chi connectivity index (χ0v) is 14.7. The topological polar surface area (TPSA) is 41.5 Å². The van der Waals surface area contributed by atoms with E-state index in [0.717, 1.165) is 11.1 Å². The second kappa shape index (κ2) is 8.66. The van der Waals surface area contributed by atoms with E-state index >= 15 is 0 Å². The van der Waals surface area contributed by atoms with E-state index in [1.54, 1.807) is 30.3 Å². The summed E-state index contributed by atoms with van der Waals surface area (Å²) in [5.41, 5.74) is 1.44. The highest BCUT2D eigenvalue weighted by Crippen LogP contribution is 2.38. The van der Waals surface area contributed by atoms with Crippen LogP contribution in [0.2, 0.25) is 0 Å². The molecule has 0 radical (unpaired) electrons. The second-order valence-electron chi connectivity index (χ2n) is 5.98. The van der Waals surface area contributed by atoms with Gasteiger partial charge >= 0.3 is 12.4 Å². The first kappa shape index (κ1) is 21.8. The van der Waals surface area contributed by atoms with E-state index in [9.17, 15) is 26.3 Å². The molecule has 0 amide bonds. The van der Waals surface area contributed by atoms with Crippen LogP contribution >= 0.6 is 0 Å². The lowest BCUT2D eigenvalue weighted by Crippen LogP contribution is -2.11. The summed E-state index contributed by atoms with van der Waals surface area (Å²) in [5.74, 6) is -0.517. The van der Waals surface area contributed by atoms with E-state index in [1.165, 1.54) is 0 Å². The summed E-state index contributed by atoms with van der Waals surface area (Å²) in [6.07, 6.45) is -8.10. The first-order chi connectivity index (χ1) is 13.0. The van der Waals surface area contributed by atoms with Crippen molar-refractivity contribution in [1.82, 2.24) is 5.48 Å². The molecule has 0 spiro atoms. The molecule has 28 heavy (non-hydrogen) atoms. The van der Waals surface area contributed by atoms with E-state index in [4.69, 9.17) is 9.94 Å². The molecule has 0 heterocycles. The van der Waals surface area contributed by atoms with Crippen LogP contribution in [0.25, 0.3) is 5.57 Å². The van der Waals surface area contributed by atoms with Gasteiger partial charge in [-0.25, -0.2) is 5.48 Å².